The zero-order valence-corrected chi connectivity index (χ0v) is 12.1. The molecule has 0 fully saturated rings. The molecule has 0 amide bonds. The summed E-state index contributed by atoms with van der Waals surface area (Å²) in [6.07, 6.45) is 1.56. The fraction of sp³-hybridized carbons (Fsp3) is 0.167. The van der Waals surface area contributed by atoms with Crippen LogP contribution in [0.2, 0.25) is 0 Å². The van der Waals surface area contributed by atoms with Gasteiger partial charge in [0.15, 0.2) is 5.78 Å². The molecule has 4 heteroatoms. The maximum atomic E-state index is 12.4. The number of ketones is 1. The van der Waals surface area contributed by atoms with E-state index in [2.05, 4.69) is 5.32 Å². The second kappa shape index (κ2) is 4.71. The molecule has 1 aliphatic heterocycles. The predicted molar refractivity (Wildman–Crippen MR) is 82.9 cm³/mol. The van der Waals surface area contributed by atoms with Crippen molar-refractivity contribution in [3.05, 3.63) is 71.4 Å². The van der Waals surface area contributed by atoms with Gasteiger partial charge in [0.25, 0.3) is 5.79 Å². The quantitative estimate of drug-likeness (QED) is 0.921. The topological polar surface area (TPSA) is 47.6 Å². The van der Waals surface area contributed by atoms with Crippen molar-refractivity contribution in [1.82, 2.24) is 0 Å². The average molecular weight is 293 g/mol. The van der Waals surface area contributed by atoms with Crippen molar-refractivity contribution in [3.63, 3.8) is 0 Å². The fourth-order valence-corrected chi connectivity index (χ4v) is 3.01. The molecule has 1 heterocycles. The number of para-hydroxylation sites is 2. The SMILES string of the molecule is CCOC12Oc3ccccc3NC1=CC(=O)c1ccccc12. The van der Waals surface area contributed by atoms with Crippen LogP contribution in [0, 0.1) is 0 Å². The summed E-state index contributed by atoms with van der Waals surface area (Å²) in [7, 11) is 0. The molecule has 1 N–H and O–H groups in total. The van der Waals surface area contributed by atoms with Crippen molar-refractivity contribution >= 4 is 11.5 Å². The zero-order valence-electron chi connectivity index (χ0n) is 12.1. The number of nitrogens with one attached hydrogen (secondary N) is 1. The van der Waals surface area contributed by atoms with E-state index < -0.39 is 5.79 Å². The van der Waals surface area contributed by atoms with Crippen molar-refractivity contribution < 1.29 is 14.3 Å². The highest BCUT2D eigenvalue weighted by Gasteiger charge is 2.48. The normalized spacial score (nSPS) is 21.7. The van der Waals surface area contributed by atoms with Gasteiger partial charge in [0.2, 0.25) is 0 Å². The van der Waals surface area contributed by atoms with E-state index in [-0.39, 0.29) is 5.78 Å². The minimum absolute atomic E-state index is 0.0450. The molecule has 22 heavy (non-hydrogen) atoms. The molecule has 0 spiro atoms. The Morgan fingerprint density at radius 1 is 1.14 bits per heavy atom. The molecule has 110 valence electrons. The van der Waals surface area contributed by atoms with E-state index in [1.807, 2.05) is 49.4 Å². The van der Waals surface area contributed by atoms with Crippen LogP contribution in [0.3, 0.4) is 0 Å². The smallest absolute Gasteiger partial charge is 0.280 e. The molecule has 0 saturated carbocycles. The Bertz CT molecular complexity index is 796. The number of ether oxygens (including phenoxy) is 2. The third kappa shape index (κ3) is 1.71. The zero-order chi connectivity index (χ0) is 15.2. The number of hydrogen-bond donors (Lipinski definition) is 1. The van der Waals surface area contributed by atoms with Gasteiger partial charge in [-0.05, 0) is 19.1 Å². The van der Waals surface area contributed by atoms with E-state index in [0.29, 0.717) is 23.6 Å². The highest BCUT2D eigenvalue weighted by atomic mass is 16.7. The van der Waals surface area contributed by atoms with Crippen LogP contribution in [0.15, 0.2) is 60.3 Å². The number of rotatable bonds is 2. The first kappa shape index (κ1) is 13.1. The monoisotopic (exact) mass is 293 g/mol. The van der Waals surface area contributed by atoms with Crippen molar-refractivity contribution in [1.29, 1.82) is 0 Å². The lowest BCUT2D eigenvalue weighted by atomic mass is 9.87. The lowest BCUT2D eigenvalue weighted by molar-refractivity contribution is -0.162. The van der Waals surface area contributed by atoms with Crippen LogP contribution in [0.25, 0.3) is 0 Å². The summed E-state index contributed by atoms with van der Waals surface area (Å²) in [6.45, 7) is 2.37. The molecule has 0 saturated heterocycles. The standard InChI is InChI=1S/C18H15NO3/c1-2-21-18-13-8-4-3-7-12(13)15(20)11-17(18)19-14-9-5-6-10-16(14)22-18/h3-11,19H,2H2,1H3. The first-order chi connectivity index (χ1) is 10.7. The first-order valence-electron chi connectivity index (χ1n) is 7.29. The number of carbonyl (C=O) groups is 1. The fourth-order valence-electron chi connectivity index (χ4n) is 3.01. The van der Waals surface area contributed by atoms with Crippen molar-refractivity contribution in [2.45, 2.75) is 12.7 Å². The van der Waals surface area contributed by atoms with E-state index in [1.54, 1.807) is 12.1 Å². The lowest BCUT2D eigenvalue weighted by Crippen LogP contribution is -2.47. The molecule has 1 aliphatic carbocycles. The van der Waals surface area contributed by atoms with Gasteiger partial charge in [-0.3, -0.25) is 4.79 Å². The second-order valence-electron chi connectivity index (χ2n) is 5.24. The molecule has 0 radical (unpaired) electrons. The number of anilines is 1. The van der Waals surface area contributed by atoms with Gasteiger partial charge in [-0.2, -0.15) is 0 Å². The minimum Gasteiger partial charge on any atom is -0.450 e. The predicted octanol–water partition coefficient (Wildman–Crippen LogP) is 3.46. The summed E-state index contributed by atoms with van der Waals surface area (Å²) in [5.41, 5.74) is 2.80. The third-order valence-corrected chi connectivity index (χ3v) is 3.93. The molecule has 0 bridgehead atoms. The van der Waals surface area contributed by atoms with E-state index in [9.17, 15) is 4.79 Å². The van der Waals surface area contributed by atoms with Crippen molar-refractivity contribution in [2.24, 2.45) is 0 Å². The van der Waals surface area contributed by atoms with E-state index in [0.717, 1.165) is 11.3 Å². The van der Waals surface area contributed by atoms with Crippen molar-refractivity contribution in [2.75, 3.05) is 11.9 Å². The number of allylic oxidation sites excluding steroid dienone is 1. The first-order valence-corrected chi connectivity index (χ1v) is 7.29. The largest absolute Gasteiger partial charge is 0.450 e. The Morgan fingerprint density at radius 2 is 1.91 bits per heavy atom. The van der Waals surface area contributed by atoms with Crippen LogP contribution in [0.5, 0.6) is 5.75 Å². The van der Waals surface area contributed by atoms with Crippen LogP contribution in [-0.4, -0.2) is 12.4 Å². The third-order valence-electron chi connectivity index (χ3n) is 3.93. The molecule has 1 unspecified atom stereocenters. The molecule has 2 aliphatic rings. The summed E-state index contributed by atoms with van der Waals surface area (Å²) < 4.78 is 12.2. The van der Waals surface area contributed by atoms with Crippen LogP contribution < -0.4 is 10.1 Å². The highest BCUT2D eigenvalue weighted by Crippen LogP contribution is 2.47. The number of hydrogen-bond acceptors (Lipinski definition) is 4. The van der Waals surface area contributed by atoms with Crippen molar-refractivity contribution in [3.8, 4) is 5.75 Å². The summed E-state index contributed by atoms with van der Waals surface area (Å²) in [5, 5.41) is 3.29. The van der Waals surface area contributed by atoms with Gasteiger partial charge in [-0.25, -0.2) is 0 Å². The van der Waals surface area contributed by atoms with Crippen LogP contribution in [0.4, 0.5) is 5.69 Å². The molecule has 4 nitrogen and oxygen atoms in total. The molecular formula is C18H15NO3. The Hall–Kier alpha value is -2.59. The number of fused-ring (bicyclic) bond motifs is 4. The Kier molecular flexibility index (Phi) is 2.81. The number of carbonyl (C=O) groups excluding carboxylic acids is 1. The summed E-state index contributed by atoms with van der Waals surface area (Å²) in [5.74, 6) is -0.429. The maximum Gasteiger partial charge on any atom is 0.280 e. The highest BCUT2D eigenvalue weighted by molar-refractivity contribution is 6.08. The summed E-state index contributed by atoms with van der Waals surface area (Å²) >= 11 is 0. The Balaban J connectivity index is 1.96. The molecule has 2 aromatic carbocycles. The van der Waals surface area contributed by atoms with Gasteiger partial charge in [-0.1, -0.05) is 36.4 Å². The van der Waals surface area contributed by atoms with Gasteiger partial charge in [0.1, 0.15) is 5.75 Å². The summed E-state index contributed by atoms with van der Waals surface area (Å²) in [4.78, 5) is 12.4. The second-order valence-corrected chi connectivity index (χ2v) is 5.24. The van der Waals surface area contributed by atoms with Gasteiger partial charge in [-0.15, -0.1) is 0 Å². The Labute approximate surface area is 128 Å². The van der Waals surface area contributed by atoms with E-state index in [4.69, 9.17) is 9.47 Å². The lowest BCUT2D eigenvalue weighted by Gasteiger charge is -2.42. The summed E-state index contributed by atoms with van der Waals surface area (Å²) in [6, 6.07) is 15.0. The molecule has 1 atom stereocenters. The molecular weight excluding hydrogens is 278 g/mol. The van der Waals surface area contributed by atoms with Gasteiger partial charge in [0.05, 0.1) is 11.4 Å². The van der Waals surface area contributed by atoms with Gasteiger partial charge < -0.3 is 14.8 Å². The molecule has 0 aromatic heterocycles. The molecule has 2 aromatic rings. The van der Waals surface area contributed by atoms with Crippen LogP contribution >= 0.6 is 0 Å². The minimum atomic E-state index is -1.09. The van der Waals surface area contributed by atoms with E-state index in [1.165, 1.54) is 0 Å². The Morgan fingerprint density at radius 3 is 2.77 bits per heavy atom. The maximum absolute atomic E-state index is 12.4. The van der Waals surface area contributed by atoms with Gasteiger partial charge >= 0.3 is 0 Å². The van der Waals surface area contributed by atoms with Gasteiger partial charge in [0, 0.05) is 23.8 Å². The van der Waals surface area contributed by atoms with E-state index >= 15 is 0 Å². The molecule has 4 rings (SSSR count). The average Bonchev–Trinajstić information content (AvgIpc) is 2.55. The van der Waals surface area contributed by atoms with Crippen LogP contribution in [-0.2, 0) is 10.5 Å². The number of benzene rings is 2. The van der Waals surface area contributed by atoms with Crippen LogP contribution in [0.1, 0.15) is 22.8 Å².